The first kappa shape index (κ1) is 22.9. The van der Waals surface area contributed by atoms with Gasteiger partial charge in [-0.05, 0) is 35.1 Å². The quantitative estimate of drug-likeness (QED) is 0.691. The third kappa shape index (κ3) is 6.32. The Morgan fingerprint density at radius 2 is 1.48 bits per heavy atom. The van der Waals surface area contributed by atoms with Gasteiger partial charge in [-0.1, -0.05) is 58.0 Å². The van der Waals surface area contributed by atoms with Crippen LogP contribution in [0.1, 0.15) is 61.8 Å². The molecule has 2 aromatic carbocycles. The third-order valence-electron chi connectivity index (χ3n) is 4.89. The van der Waals surface area contributed by atoms with Crippen molar-refractivity contribution in [1.29, 1.82) is 0 Å². The predicted molar refractivity (Wildman–Crippen MR) is 110 cm³/mol. The van der Waals surface area contributed by atoms with E-state index < -0.39 is 11.7 Å². The molecule has 3 nitrogen and oxygen atoms in total. The summed E-state index contributed by atoms with van der Waals surface area (Å²) in [6, 6.07) is 11.2. The summed E-state index contributed by atoms with van der Waals surface area (Å²) < 4.78 is 38.0. The van der Waals surface area contributed by atoms with Crippen molar-refractivity contribution in [2.24, 2.45) is 0 Å². The molecular formula is C23H30F3N2O+. The summed E-state index contributed by atoms with van der Waals surface area (Å²) in [4.78, 5) is 13.6. The van der Waals surface area contributed by atoms with Crippen LogP contribution in [0.4, 0.5) is 18.9 Å². The molecule has 0 fully saturated rings. The van der Waals surface area contributed by atoms with Crippen molar-refractivity contribution in [2.45, 2.75) is 52.3 Å². The van der Waals surface area contributed by atoms with E-state index in [-0.39, 0.29) is 24.3 Å². The fourth-order valence-electron chi connectivity index (χ4n) is 3.38. The van der Waals surface area contributed by atoms with Gasteiger partial charge in [0.15, 0.2) is 6.54 Å². The topological polar surface area (TPSA) is 33.5 Å². The van der Waals surface area contributed by atoms with Gasteiger partial charge in [-0.2, -0.15) is 13.2 Å². The maximum atomic E-state index is 12.7. The van der Waals surface area contributed by atoms with Crippen LogP contribution in [-0.4, -0.2) is 19.5 Å². The molecule has 1 atom stereocenters. The molecule has 0 spiro atoms. The smallest absolute Gasteiger partial charge is 0.326 e. The van der Waals surface area contributed by atoms with E-state index in [4.69, 9.17) is 0 Å². The van der Waals surface area contributed by atoms with Gasteiger partial charge < -0.3 is 10.2 Å². The van der Waals surface area contributed by atoms with Crippen LogP contribution >= 0.6 is 0 Å². The molecule has 0 aliphatic rings. The summed E-state index contributed by atoms with van der Waals surface area (Å²) in [7, 11) is 1.86. The molecule has 0 heterocycles. The van der Waals surface area contributed by atoms with E-state index in [1.165, 1.54) is 12.1 Å². The highest BCUT2D eigenvalue weighted by Crippen LogP contribution is 2.32. The van der Waals surface area contributed by atoms with Crippen molar-refractivity contribution in [3.05, 3.63) is 64.7 Å². The highest BCUT2D eigenvalue weighted by Gasteiger charge is 2.30. The Bertz CT molecular complexity index is 801. The molecule has 29 heavy (non-hydrogen) atoms. The second kappa shape index (κ2) is 9.44. The molecular weight excluding hydrogens is 377 g/mol. The van der Waals surface area contributed by atoms with E-state index in [1.807, 2.05) is 25.2 Å². The molecule has 1 unspecified atom stereocenters. The molecule has 0 radical (unpaired) electrons. The first-order valence-corrected chi connectivity index (χ1v) is 9.89. The summed E-state index contributed by atoms with van der Waals surface area (Å²) in [6.45, 7) is 9.07. The lowest BCUT2D eigenvalue weighted by Crippen LogP contribution is -3.08. The average Bonchev–Trinajstić information content (AvgIpc) is 2.60. The number of nitrogens with one attached hydrogen (secondary N) is 2. The fraction of sp³-hybridized carbons (Fsp3) is 0.435. The number of hydrogen-bond donors (Lipinski definition) is 2. The van der Waals surface area contributed by atoms with Crippen molar-refractivity contribution in [1.82, 2.24) is 0 Å². The molecule has 6 heteroatoms. The van der Waals surface area contributed by atoms with Gasteiger partial charge in [0, 0.05) is 11.3 Å². The normalized spacial score (nSPS) is 13.0. The number of carbonyl (C=O) groups is 1. The molecule has 158 valence electrons. The maximum Gasteiger partial charge on any atom is 0.416 e. The number of hydrogen-bond acceptors (Lipinski definition) is 1. The number of amides is 1. The Hall–Kier alpha value is -2.34. The number of alkyl halides is 3. The van der Waals surface area contributed by atoms with Crippen LogP contribution in [0.3, 0.4) is 0 Å². The van der Waals surface area contributed by atoms with Gasteiger partial charge >= 0.3 is 6.18 Å². The van der Waals surface area contributed by atoms with Gasteiger partial charge in [0.25, 0.3) is 5.91 Å². The zero-order valence-corrected chi connectivity index (χ0v) is 17.7. The van der Waals surface area contributed by atoms with E-state index in [1.54, 1.807) is 0 Å². The molecule has 0 bridgehead atoms. The molecule has 0 aliphatic heterocycles. The Kier molecular flexibility index (Phi) is 7.47. The molecule has 0 saturated heterocycles. The minimum atomic E-state index is -4.34. The third-order valence-corrected chi connectivity index (χ3v) is 4.89. The number of anilines is 1. The molecule has 0 aromatic heterocycles. The van der Waals surface area contributed by atoms with Gasteiger partial charge in [-0.3, -0.25) is 4.79 Å². The SMILES string of the molecule is CC(C)c1cccc(C(C)C)c1NC(=O)C[NH+](C)Cc1ccc(C(F)(F)F)cc1. The monoisotopic (exact) mass is 407 g/mol. The number of quaternary nitrogens is 1. The molecule has 0 saturated carbocycles. The van der Waals surface area contributed by atoms with Gasteiger partial charge in [0.2, 0.25) is 0 Å². The Labute approximate surface area is 170 Å². The van der Waals surface area contributed by atoms with Crippen LogP contribution in [-0.2, 0) is 17.5 Å². The first-order valence-electron chi connectivity index (χ1n) is 9.89. The van der Waals surface area contributed by atoms with Crippen molar-refractivity contribution >= 4 is 11.6 Å². The summed E-state index contributed by atoms with van der Waals surface area (Å²) in [5, 5.41) is 3.08. The standard InChI is InChI=1S/C23H29F3N2O/c1-15(2)19-7-6-8-20(16(3)4)22(19)27-21(29)14-28(5)13-17-9-11-18(12-10-17)23(24,25)26/h6-12,15-16H,13-14H2,1-5H3,(H,27,29)/p+1. The Balaban J connectivity index is 2.06. The van der Waals surface area contributed by atoms with Gasteiger partial charge in [-0.25, -0.2) is 0 Å². The lowest BCUT2D eigenvalue weighted by Gasteiger charge is -2.21. The van der Waals surface area contributed by atoms with Crippen LogP contribution in [0.15, 0.2) is 42.5 Å². The second-order valence-corrected chi connectivity index (χ2v) is 8.17. The molecule has 2 N–H and O–H groups in total. The largest absolute Gasteiger partial charge is 0.416 e. The molecule has 2 aromatic rings. The van der Waals surface area contributed by atoms with Crippen LogP contribution in [0.2, 0.25) is 0 Å². The number of para-hydroxylation sites is 1. The summed E-state index contributed by atoms with van der Waals surface area (Å²) in [5.74, 6) is 0.451. The van der Waals surface area contributed by atoms with E-state index in [0.717, 1.165) is 39.4 Å². The van der Waals surface area contributed by atoms with Crippen molar-refractivity contribution in [3.63, 3.8) is 0 Å². The number of rotatable bonds is 7. The summed E-state index contributed by atoms with van der Waals surface area (Å²) in [6.07, 6.45) is -4.34. The maximum absolute atomic E-state index is 12.7. The van der Waals surface area contributed by atoms with E-state index in [2.05, 4.69) is 33.0 Å². The van der Waals surface area contributed by atoms with E-state index in [9.17, 15) is 18.0 Å². The van der Waals surface area contributed by atoms with Crippen LogP contribution < -0.4 is 10.2 Å². The fourth-order valence-corrected chi connectivity index (χ4v) is 3.38. The van der Waals surface area contributed by atoms with Gasteiger partial charge in [0.05, 0.1) is 12.6 Å². The van der Waals surface area contributed by atoms with Gasteiger partial charge in [-0.15, -0.1) is 0 Å². The number of carbonyl (C=O) groups excluding carboxylic acids is 1. The van der Waals surface area contributed by atoms with E-state index in [0.29, 0.717) is 6.54 Å². The second-order valence-electron chi connectivity index (χ2n) is 8.17. The van der Waals surface area contributed by atoms with Crippen molar-refractivity contribution in [2.75, 3.05) is 18.9 Å². The minimum Gasteiger partial charge on any atom is -0.326 e. The zero-order valence-electron chi connectivity index (χ0n) is 17.7. The number of benzene rings is 2. The van der Waals surface area contributed by atoms with E-state index >= 15 is 0 Å². The predicted octanol–water partition coefficient (Wildman–Crippen LogP) is 4.61. The lowest BCUT2D eigenvalue weighted by atomic mass is 9.92. The Morgan fingerprint density at radius 1 is 0.966 bits per heavy atom. The zero-order chi connectivity index (χ0) is 21.8. The number of likely N-dealkylation sites (N-methyl/N-ethyl adjacent to an activating group) is 1. The minimum absolute atomic E-state index is 0.107. The van der Waals surface area contributed by atoms with Crippen molar-refractivity contribution in [3.8, 4) is 0 Å². The summed E-state index contributed by atoms with van der Waals surface area (Å²) in [5.41, 5.74) is 3.18. The molecule has 1 amide bonds. The van der Waals surface area contributed by atoms with Crippen LogP contribution in [0.25, 0.3) is 0 Å². The Morgan fingerprint density at radius 3 is 1.93 bits per heavy atom. The first-order chi connectivity index (χ1) is 13.5. The molecule has 0 aliphatic carbocycles. The highest BCUT2D eigenvalue weighted by atomic mass is 19.4. The lowest BCUT2D eigenvalue weighted by molar-refractivity contribution is -0.885. The summed E-state index contributed by atoms with van der Waals surface area (Å²) >= 11 is 0. The highest BCUT2D eigenvalue weighted by molar-refractivity contribution is 5.93. The van der Waals surface area contributed by atoms with Crippen molar-refractivity contribution < 1.29 is 22.9 Å². The number of halogens is 3. The van der Waals surface area contributed by atoms with Gasteiger partial charge in [0.1, 0.15) is 6.54 Å². The van der Waals surface area contributed by atoms with Crippen LogP contribution in [0.5, 0.6) is 0 Å². The van der Waals surface area contributed by atoms with Crippen LogP contribution in [0, 0.1) is 0 Å². The average molecular weight is 408 g/mol. The molecule has 2 rings (SSSR count).